The molecule has 0 spiro atoms. The maximum atomic E-state index is 12.3. The third kappa shape index (κ3) is 3.35. The highest BCUT2D eigenvalue weighted by molar-refractivity contribution is 5.85. The summed E-state index contributed by atoms with van der Waals surface area (Å²) >= 11 is 0. The van der Waals surface area contributed by atoms with Gasteiger partial charge in [0.15, 0.2) is 0 Å². The van der Waals surface area contributed by atoms with Crippen molar-refractivity contribution < 1.29 is 5.11 Å². The van der Waals surface area contributed by atoms with Crippen LogP contribution in [0.4, 0.5) is 0 Å². The lowest BCUT2D eigenvalue weighted by Crippen LogP contribution is -2.49. The van der Waals surface area contributed by atoms with E-state index in [-0.39, 0.29) is 5.56 Å². The number of piperidine rings is 1. The second-order valence-corrected chi connectivity index (χ2v) is 9.83. The van der Waals surface area contributed by atoms with E-state index in [1.54, 1.807) is 6.07 Å². The Morgan fingerprint density at radius 3 is 2.77 bits per heavy atom. The van der Waals surface area contributed by atoms with Crippen LogP contribution in [0, 0.1) is 5.92 Å². The van der Waals surface area contributed by atoms with Crippen molar-refractivity contribution in [3.63, 3.8) is 0 Å². The van der Waals surface area contributed by atoms with Gasteiger partial charge in [-0.1, -0.05) is 24.3 Å². The van der Waals surface area contributed by atoms with Gasteiger partial charge in [-0.05, 0) is 55.7 Å². The third-order valence-corrected chi connectivity index (χ3v) is 7.70. The summed E-state index contributed by atoms with van der Waals surface area (Å²) in [5, 5.41) is 12.5. The number of aliphatic hydroxyl groups is 1. The topological polar surface area (TPSA) is 50.4 Å². The van der Waals surface area contributed by atoms with E-state index in [2.05, 4.69) is 39.8 Å². The standard InChI is InChI=1S/C26H31N3O2/c30-20(17-28-24-8-3-1-6-21(24)22-7-2-4-9-25(22)28)16-27-13-18-12-19(15-27)23-10-5-11-26(31)29(23)14-18/h1,3,5-6,8,10-11,18-20,30H,2,4,7,9,12-17H2. The minimum atomic E-state index is -0.390. The highest BCUT2D eigenvalue weighted by atomic mass is 16.3. The van der Waals surface area contributed by atoms with Gasteiger partial charge in [0.2, 0.25) is 0 Å². The SMILES string of the molecule is O=c1cccc2n1CC1CC2CN(CC(O)Cn2c3c(c4ccccc42)CCCC3)C1. The number of benzene rings is 1. The van der Waals surface area contributed by atoms with Crippen molar-refractivity contribution in [2.45, 2.75) is 57.2 Å². The Bertz CT molecular complexity index is 1180. The molecule has 3 aliphatic rings. The van der Waals surface area contributed by atoms with Gasteiger partial charge in [-0.15, -0.1) is 0 Å². The molecule has 2 aromatic heterocycles. The Morgan fingerprint density at radius 1 is 0.968 bits per heavy atom. The number of hydrogen-bond donors (Lipinski definition) is 1. The zero-order valence-corrected chi connectivity index (χ0v) is 18.0. The zero-order chi connectivity index (χ0) is 20.9. The minimum Gasteiger partial charge on any atom is -0.390 e. The molecule has 31 heavy (non-hydrogen) atoms. The molecule has 2 aliphatic heterocycles. The van der Waals surface area contributed by atoms with Gasteiger partial charge in [-0.3, -0.25) is 9.69 Å². The molecule has 1 aliphatic carbocycles. The lowest BCUT2D eigenvalue weighted by Gasteiger charge is -2.43. The molecule has 1 saturated heterocycles. The Hall–Kier alpha value is -2.37. The van der Waals surface area contributed by atoms with Gasteiger partial charge < -0.3 is 14.2 Å². The van der Waals surface area contributed by atoms with Crippen molar-refractivity contribution in [2.24, 2.45) is 5.92 Å². The molecule has 0 radical (unpaired) electrons. The van der Waals surface area contributed by atoms with Crippen LogP contribution >= 0.6 is 0 Å². The Balaban J connectivity index is 1.21. The van der Waals surface area contributed by atoms with Crippen LogP contribution in [0.15, 0.2) is 47.3 Å². The number of para-hydroxylation sites is 1. The first-order chi connectivity index (χ1) is 15.2. The molecule has 3 aromatic rings. The Morgan fingerprint density at radius 2 is 1.84 bits per heavy atom. The molecule has 5 nitrogen and oxygen atoms in total. The zero-order valence-electron chi connectivity index (χ0n) is 18.0. The summed E-state index contributed by atoms with van der Waals surface area (Å²) in [6.45, 7) is 4.08. The number of aryl methyl sites for hydroxylation is 1. The van der Waals surface area contributed by atoms with E-state index in [1.807, 2.05) is 10.6 Å². The van der Waals surface area contributed by atoms with Gasteiger partial charge in [-0.25, -0.2) is 0 Å². The summed E-state index contributed by atoms with van der Waals surface area (Å²) in [6, 6.07) is 14.4. The molecule has 3 unspecified atom stereocenters. The molecule has 3 atom stereocenters. The van der Waals surface area contributed by atoms with Crippen LogP contribution in [0.25, 0.3) is 10.9 Å². The Labute approximate surface area is 182 Å². The number of fused-ring (bicyclic) bond motifs is 7. The quantitative estimate of drug-likeness (QED) is 0.710. The van der Waals surface area contributed by atoms with E-state index in [4.69, 9.17) is 0 Å². The predicted molar refractivity (Wildman–Crippen MR) is 123 cm³/mol. The highest BCUT2D eigenvalue weighted by Gasteiger charge is 2.35. The lowest BCUT2D eigenvalue weighted by atomic mass is 9.83. The van der Waals surface area contributed by atoms with Gasteiger partial charge in [-0.2, -0.15) is 0 Å². The van der Waals surface area contributed by atoms with Crippen molar-refractivity contribution in [1.29, 1.82) is 0 Å². The maximum Gasteiger partial charge on any atom is 0.250 e. The molecule has 162 valence electrons. The summed E-state index contributed by atoms with van der Waals surface area (Å²) in [7, 11) is 0. The number of β-amino-alcohol motifs (C(OH)–C–C–N with tert-alkyl or cyclic N) is 1. The van der Waals surface area contributed by atoms with Crippen molar-refractivity contribution in [3.8, 4) is 0 Å². The third-order valence-electron chi connectivity index (χ3n) is 7.70. The van der Waals surface area contributed by atoms with Crippen LogP contribution in [0.1, 0.15) is 42.1 Å². The van der Waals surface area contributed by atoms with E-state index in [9.17, 15) is 9.90 Å². The average molecular weight is 418 g/mol. The van der Waals surface area contributed by atoms with Crippen molar-refractivity contribution in [3.05, 3.63) is 69.8 Å². The molecule has 0 saturated carbocycles. The lowest BCUT2D eigenvalue weighted by molar-refractivity contribution is 0.0549. The van der Waals surface area contributed by atoms with E-state index < -0.39 is 6.10 Å². The second kappa shape index (κ2) is 7.64. The molecule has 1 fully saturated rings. The highest BCUT2D eigenvalue weighted by Crippen LogP contribution is 2.35. The van der Waals surface area contributed by atoms with Crippen molar-refractivity contribution in [1.82, 2.24) is 14.0 Å². The van der Waals surface area contributed by atoms with Gasteiger partial charge >= 0.3 is 0 Å². The van der Waals surface area contributed by atoms with Crippen molar-refractivity contribution >= 4 is 10.9 Å². The summed E-state index contributed by atoms with van der Waals surface area (Å²) < 4.78 is 4.37. The first-order valence-electron chi connectivity index (χ1n) is 11.9. The molecule has 2 bridgehead atoms. The summed E-state index contributed by atoms with van der Waals surface area (Å²) in [5.74, 6) is 0.896. The first kappa shape index (κ1) is 19.3. The largest absolute Gasteiger partial charge is 0.390 e. The molecular formula is C26H31N3O2. The van der Waals surface area contributed by atoms with Crippen LogP contribution in [0.5, 0.6) is 0 Å². The van der Waals surface area contributed by atoms with E-state index >= 15 is 0 Å². The summed E-state index contributed by atoms with van der Waals surface area (Å²) in [6.07, 6.45) is 5.56. The summed E-state index contributed by atoms with van der Waals surface area (Å²) in [5.41, 5.74) is 5.52. The molecule has 0 amide bonds. The number of nitrogens with zero attached hydrogens (tertiary/aromatic N) is 3. The average Bonchev–Trinajstić information content (AvgIpc) is 3.08. The number of likely N-dealkylation sites (tertiary alicyclic amines) is 1. The fourth-order valence-electron chi connectivity index (χ4n) is 6.51. The van der Waals surface area contributed by atoms with Gasteiger partial charge in [0.05, 0.1) is 12.6 Å². The number of pyridine rings is 1. The van der Waals surface area contributed by atoms with Crippen LogP contribution in [0.2, 0.25) is 0 Å². The van der Waals surface area contributed by atoms with Gasteiger partial charge in [0.1, 0.15) is 0 Å². The van der Waals surface area contributed by atoms with Crippen LogP contribution < -0.4 is 5.56 Å². The number of hydrogen-bond acceptors (Lipinski definition) is 3. The van der Waals surface area contributed by atoms with Crippen molar-refractivity contribution in [2.75, 3.05) is 19.6 Å². The van der Waals surface area contributed by atoms with Gasteiger partial charge in [0, 0.05) is 60.5 Å². The fourth-order valence-corrected chi connectivity index (χ4v) is 6.51. The number of aromatic nitrogens is 2. The minimum absolute atomic E-state index is 0.130. The molecule has 4 heterocycles. The van der Waals surface area contributed by atoms with E-state index in [1.165, 1.54) is 40.7 Å². The first-order valence-corrected chi connectivity index (χ1v) is 11.9. The Kier molecular flexibility index (Phi) is 4.77. The van der Waals surface area contributed by atoms with E-state index in [0.29, 0.717) is 24.9 Å². The second-order valence-electron chi connectivity index (χ2n) is 9.83. The van der Waals surface area contributed by atoms with Gasteiger partial charge in [0.25, 0.3) is 5.56 Å². The maximum absolute atomic E-state index is 12.3. The molecule has 6 rings (SSSR count). The predicted octanol–water partition coefficient (Wildman–Crippen LogP) is 3.16. The fraction of sp³-hybridized carbons (Fsp3) is 0.500. The normalized spacial score (nSPS) is 24.0. The smallest absolute Gasteiger partial charge is 0.250 e. The molecule has 1 N–H and O–H groups in total. The van der Waals surface area contributed by atoms with E-state index in [0.717, 1.165) is 38.9 Å². The van der Waals surface area contributed by atoms with Crippen LogP contribution in [-0.4, -0.2) is 44.9 Å². The number of aliphatic hydroxyl groups excluding tert-OH is 1. The monoisotopic (exact) mass is 417 g/mol. The van der Waals surface area contributed by atoms with Crippen LogP contribution in [-0.2, 0) is 25.9 Å². The molecule has 5 heteroatoms. The molecule has 1 aromatic carbocycles. The molecular weight excluding hydrogens is 386 g/mol. The number of rotatable bonds is 4. The van der Waals surface area contributed by atoms with Crippen LogP contribution in [0.3, 0.4) is 0 Å². The summed E-state index contributed by atoms with van der Waals surface area (Å²) in [4.78, 5) is 14.7.